The highest BCUT2D eigenvalue weighted by Gasteiger charge is 2.51. The Morgan fingerprint density at radius 3 is 1.79 bits per heavy atom. The number of ether oxygens (including phenoxy) is 1. The van der Waals surface area contributed by atoms with Crippen molar-refractivity contribution < 1.29 is 9.15 Å². The summed E-state index contributed by atoms with van der Waals surface area (Å²) in [6, 6.07) is 81.9. The Morgan fingerprint density at radius 1 is 0.388 bits per heavy atom. The van der Waals surface area contributed by atoms with Gasteiger partial charge in [0.1, 0.15) is 17.1 Å². The summed E-state index contributed by atoms with van der Waals surface area (Å²) in [6.45, 7) is 0. The summed E-state index contributed by atoms with van der Waals surface area (Å²) in [4.78, 5) is 2.41. The monoisotopic (exact) mass is 871 g/mol. The van der Waals surface area contributed by atoms with E-state index in [-0.39, 0.29) is 0 Å². The summed E-state index contributed by atoms with van der Waals surface area (Å²) < 4.78 is 16.5. The molecule has 0 saturated carbocycles. The first-order valence-electron chi connectivity index (χ1n) is 22.9. The van der Waals surface area contributed by atoms with Crippen LogP contribution in [0.15, 0.2) is 229 Å². The number of fused-ring (bicyclic) bond motifs is 19. The molecule has 312 valence electrons. The van der Waals surface area contributed by atoms with Gasteiger partial charge < -0.3 is 14.1 Å². The average molecular weight is 872 g/mol. The predicted octanol–water partition coefficient (Wildman–Crippen LogP) is 17.9. The normalized spacial score (nSPS) is 13.3. The van der Waals surface area contributed by atoms with Crippen LogP contribution in [0.5, 0.6) is 11.5 Å². The third kappa shape index (κ3) is 5.05. The number of nitrogens with zero attached hydrogens (tertiary/aromatic N) is 1. The Morgan fingerprint density at radius 2 is 0.985 bits per heavy atom. The highest BCUT2D eigenvalue weighted by atomic mass is 32.1. The molecule has 1 aliphatic heterocycles. The standard InChI is InChI=1S/C63H37NO2S/c1-3-18-43-38(14-1)30-34-53-59(43)66-60-44-19-4-2-15-39(44)31-35-54(60)63(53)51-25-8-5-20-45(51)50-37-41(32-33-52(50)63)40-16-11-17-42(36-40)64(55-26-12-23-48-46-21-6-9-28-57(46)65-61(48)55)56-27-13-24-49-47-22-7-10-29-58(47)67-62(49)56/h1-37H. The first kappa shape index (κ1) is 36.9. The SMILES string of the molecule is c1cc(-c2ccc3c(c2)-c2ccccc2C32c3ccc4ccccc4c3Oc3c2ccc2ccccc32)cc(N(c2cccc3c2oc2ccccc23)c2cccc3c2sc2ccccc23)c1. The minimum atomic E-state index is -0.603. The fourth-order valence-electron chi connectivity index (χ4n) is 11.6. The van der Waals surface area contributed by atoms with Gasteiger partial charge in [0.2, 0.25) is 0 Å². The van der Waals surface area contributed by atoms with E-state index in [0.717, 1.165) is 83.2 Å². The molecule has 13 aromatic rings. The van der Waals surface area contributed by atoms with Gasteiger partial charge in [-0.2, -0.15) is 0 Å². The molecule has 2 aromatic heterocycles. The molecule has 3 nitrogen and oxygen atoms in total. The zero-order valence-electron chi connectivity index (χ0n) is 36.0. The second-order valence-corrected chi connectivity index (χ2v) is 18.9. The molecule has 4 heteroatoms. The van der Waals surface area contributed by atoms with Gasteiger partial charge in [-0.1, -0.05) is 182 Å². The number of furan rings is 1. The van der Waals surface area contributed by atoms with E-state index in [2.05, 4.69) is 223 Å². The van der Waals surface area contributed by atoms with E-state index in [1.807, 2.05) is 17.4 Å². The Kier molecular flexibility index (Phi) is 7.58. The molecule has 0 bridgehead atoms. The van der Waals surface area contributed by atoms with Crippen molar-refractivity contribution in [2.75, 3.05) is 4.90 Å². The first-order chi connectivity index (χ1) is 33.2. The van der Waals surface area contributed by atoms with Gasteiger partial charge in [0.25, 0.3) is 0 Å². The molecule has 0 atom stereocenters. The fraction of sp³-hybridized carbons (Fsp3) is 0.0159. The summed E-state index contributed by atoms with van der Waals surface area (Å²) in [7, 11) is 0. The maximum absolute atomic E-state index is 7.20. The second kappa shape index (κ2) is 13.8. The Bertz CT molecular complexity index is 4030. The van der Waals surface area contributed by atoms with Crippen LogP contribution in [0.4, 0.5) is 17.1 Å². The first-order valence-corrected chi connectivity index (χ1v) is 23.7. The largest absolute Gasteiger partial charge is 0.455 e. The molecule has 67 heavy (non-hydrogen) atoms. The van der Waals surface area contributed by atoms with Gasteiger partial charge in [0, 0.05) is 53.8 Å². The van der Waals surface area contributed by atoms with Crippen molar-refractivity contribution in [2.45, 2.75) is 5.41 Å². The van der Waals surface area contributed by atoms with E-state index in [4.69, 9.17) is 9.15 Å². The molecule has 2 aliphatic rings. The van der Waals surface area contributed by atoms with E-state index in [1.165, 1.54) is 53.6 Å². The number of rotatable bonds is 4. The molecule has 0 fully saturated rings. The molecule has 11 aromatic carbocycles. The van der Waals surface area contributed by atoms with Crippen molar-refractivity contribution >= 4 is 92.1 Å². The van der Waals surface area contributed by atoms with Crippen molar-refractivity contribution in [3.63, 3.8) is 0 Å². The van der Waals surface area contributed by atoms with Crippen LogP contribution >= 0.6 is 11.3 Å². The van der Waals surface area contributed by atoms with E-state index in [9.17, 15) is 0 Å². The van der Waals surface area contributed by atoms with Crippen LogP contribution in [0.3, 0.4) is 0 Å². The van der Waals surface area contributed by atoms with Crippen LogP contribution in [0.2, 0.25) is 0 Å². The van der Waals surface area contributed by atoms with E-state index < -0.39 is 5.41 Å². The van der Waals surface area contributed by atoms with E-state index >= 15 is 0 Å². The van der Waals surface area contributed by atoms with Crippen LogP contribution in [0, 0.1) is 0 Å². The van der Waals surface area contributed by atoms with Crippen LogP contribution in [0.1, 0.15) is 22.3 Å². The van der Waals surface area contributed by atoms with Crippen LogP contribution in [-0.4, -0.2) is 0 Å². The van der Waals surface area contributed by atoms with Gasteiger partial charge >= 0.3 is 0 Å². The van der Waals surface area contributed by atoms with Crippen LogP contribution in [-0.2, 0) is 5.41 Å². The molecule has 0 saturated heterocycles. The van der Waals surface area contributed by atoms with Crippen molar-refractivity contribution in [3.8, 4) is 33.8 Å². The molecular weight excluding hydrogens is 835 g/mol. The summed E-state index contributed by atoms with van der Waals surface area (Å²) in [5.74, 6) is 1.85. The molecule has 15 rings (SSSR count). The molecule has 1 aliphatic carbocycles. The van der Waals surface area contributed by atoms with Gasteiger partial charge in [0.05, 0.1) is 21.5 Å². The zero-order chi connectivity index (χ0) is 43.8. The van der Waals surface area contributed by atoms with Crippen molar-refractivity contribution in [2.24, 2.45) is 0 Å². The lowest BCUT2D eigenvalue weighted by atomic mass is 9.65. The fourth-order valence-corrected chi connectivity index (χ4v) is 12.8. The summed E-state index contributed by atoms with van der Waals surface area (Å²) in [5.41, 5.74) is 13.9. The zero-order valence-corrected chi connectivity index (χ0v) is 36.9. The predicted molar refractivity (Wildman–Crippen MR) is 279 cm³/mol. The molecule has 1 spiro atoms. The maximum Gasteiger partial charge on any atom is 0.159 e. The summed E-state index contributed by atoms with van der Waals surface area (Å²) >= 11 is 1.84. The topological polar surface area (TPSA) is 25.6 Å². The molecule has 0 N–H and O–H groups in total. The maximum atomic E-state index is 7.20. The average Bonchev–Trinajstić information content (AvgIpc) is 4.06. The van der Waals surface area contributed by atoms with Gasteiger partial charge in [-0.25, -0.2) is 0 Å². The number of anilines is 3. The third-order valence-corrected chi connectivity index (χ3v) is 15.7. The minimum absolute atomic E-state index is 0.603. The van der Waals surface area contributed by atoms with Crippen molar-refractivity contribution in [1.82, 2.24) is 0 Å². The van der Waals surface area contributed by atoms with Gasteiger partial charge in [-0.3, -0.25) is 0 Å². The lowest BCUT2D eigenvalue weighted by Gasteiger charge is -2.40. The summed E-state index contributed by atoms with van der Waals surface area (Å²) in [6.07, 6.45) is 0. The second-order valence-electron chi connectivity index (χ2n) is 17.9. The number of thiophene rings is 1. The van der Waals surface area contributed by atoms with E-state index in [0.29, 0.717) is 0 Å². The van der Waals surface area contributed by atoms with Crippen LogP contribution in [0.25, 0.3) is 85.9 Å². The molecule has 0 radical (unpaired) electrons. The Labute approximate surface area is 390 Å². The Balaban J connectivity index is 0.958. The van der Waals surface area contributed by atoms with E-state index in [1.54, 1.807) is 0 Å². The number of benzene rings is 11. The van der Waals surface area contributed by atoms with Crippen molar-refractivity contribution in [1.29, 1.82) is 0 Å². The highest BCUT2D eigenvalue weighted by molar-refractivity contribution is 7.26. The van der Waals surface area contributed by atoms with Crippen molar-refractivity contribution in [3.05, 3.63) is 247 Å². The lowest BCUT2D eigenvalue weighted by Crippen LogP contribution is -2.32. The van der Waals surface area contributed by atoms with Crippen LogP contribution < -0.4 is 9.64 Å². The smallest absolute Gasteiger partial charge is 0.159 e. The van der Waals surface area contributed by atoms with Gasteiger partial charge in [-0.15, -0.1) is 11.3 Å². The number of hydrogen-bond acceptors (Lipinski definition) is 4. The lowest BCUT2D eigenvalue weighted by molar-refractivity contribution is 0.447. The molecule has 3 heterocycles. The Hall–Kier alpha value is -8.44. The third-order valence-electron chi connectivity index (χ3n) is 14.5. The minimum Gasteiger partial charge on any atom is -0.455 e. The highest BCUT2D eigenvalue weighted by Crippen LogP contribution is 2.64. The quantitative estimate of drug-likeness (QED) is 0.176. The number of para-hydroxylation sites is 2. The number of hydrogen-bond donors (Lipinski definition) is 0. The molecule has 0 unspecified atom stereocenters. The van der Waals surface area contributed by atoms with Gasteiger partial charge in [0.15, 0.2) is 5.58 Å². The van der Waals surface area contributed by atoms with Gasteiger partial charge in [-0.05, 0) is 86.6 Å². The molecular formula is C63H37NO2S. The molecule has 0 amide bonds. The summed E-state index contributed by atoms with van der Waals surface area (Å²) in [5, 5.41) is 9.29.